The molecule has 8 nitrogen and oxygen atoms in total. The normalized spacial score (nSPS) is 15.0. The minimum absolute atomic E-state index is 0.287. The van der Waals surface area contributed by atoms with E-state index in [1.165, 1.54) is 6.92 Å². The summed E-state index contributed by atoms with van der Waals surface area (Å²) in [5.41, 5.74) is 2.04. The van der Waals surface area contributed by atoms with Crippen molar-refractivity contribution < 1.29 is 18.5 Å². The van der Waals surface area contributed by atoms with Crippen molar-refractivity contribution in [2.45, 2.75) is 17.8 Å². The van der Waals surface area contributed by atoms with Crippen molar-refractivity contribution in [3.05, 3.63) is 60.6 Å². The lowest BCUT2D eigenvalue weighted by Crippen LogP contribution is -2.36. The average molecular weight is 426 g/mol. The molecule has 0 radical (unpaired) electrons. The molecule has 1 aromatic carbocycles. The van der Waals surface area contributed by atoms with Gasteiger partial charge in [-0.1, -0.05) is 18.2 Å². The van der Waals surface area contributed by atoms with E-state index in [1.807, 2.05) is 24.3 Å². The zero-order valence-electron chi connectivity index (χ0n) is 16.6. The number of benzene rings is 1. The molecule has 0 spiro atoms. The van der Waals surface area contributed by atoms with Gasteiger partial charge in [0.25, 0.3) is 0 Å². The fraction of sp³-hybridized carbons (Fsp3) is 0.286. The molecule has 1 atom stereocenters. The zero-order chi connectivity index (χ0) is 20.9. The molecule has 1 saturated heterocycles. The summed E-state index contributed by atoms with van der Waals surface area (Å²) in [4.78, 5) is 22.3. The third-order valence-electron chi connectivity index (χ3n) is 4.67. The van der Waals surface area contributed by atoms with E-state index in [9.17, 15) is 9.00 Å². The summed E-state index contributed by atoms with van der Waals surface area (Å²) in [5.74, 6) is 0.511. The van der Waals surface area contributed by atoms with E-state index >= 15 is 0 Å². The first-order valence-corrected chi connectivity index (χ1v) is 10.9. The van der Waals surface area contributed by atoms with Gasteiger partial charge >= 0.3 is 5.97 Å². The fourth-order valence-electron chi connectivity index (χ4n) is 3.37. The summed E-state index contributed by atoms with van der Waals surface area (Å²) in [6.45, 7) is 4.29. The van der Waals surface area contributed by atoms with Crippen molar-refractivity contribution in [1.29, 1.82) is 0 Å². The van der Waals surface area contributed by atoms with Crippen molar-refractivity contribution in [2.75, 3.05) is 31.2 Å². The first-order chi connectivity index (χ1) is 14.6. The summed E-state index contributed by atoms with van der Waals surface area (Å²) in [6.07, 6.45) is 4.81. The Labute approximate surface area is 176 Å². The summed E-state index contributed by atoms with van der Waals surface area (Å²) >= 11 is 0. The summed E-state index contributed by atoms with van der Waals surface area (Å²) in [7, 11) is -1.44. The van der Waals surface area contributed by atoms with E-state index in [0.717, 1.165) is 24.3 Å². The van der Waals surface area contributed by atoms with Gasteiger partial charge in [0.05, 0.1) is 29.8 Å². The lowest BCUT2D eigenvalue weighted by Gasteiger charge is -2.30. The zero-order valence-corrected chi connectivity index (χ0v) is 17.4. The molecule has 0 amide bonds. The number of carbonyl (C=O) groups excluding carboxylic acids is 1. The second-order valence-corrected chi connectivity index (χ2v) is 8.06. The van der Waals surface area contributed by atoms with Crippen molar-refractivity contribution >= 4 is 22.5 Å². The monoisotopic (exact) mass is 426 g/mol. The molecule has 3 heterocycles. The Morgan fingerprint density at radius 1 is 1.13 bits per heavy atom. The Hall–Kier alpha value is -3.04. The Balaban J connectivity index is 1.62. The number of rotatable bonds is 6. The van der Waals surface area contributed by atoms with Crippen molar-refractivity contribution in [3.8, 4) is 11.6 Å². The van der Waals surface area contributed by atoms with Crippen LogP contribution in [0.3, 0.4) is 0 Å². The topological polar surface area (TPSA) is 86.5 Å². The number of nitrogens with zero attached hydrogens (tertiary/aromatic N) is 4. The molecule has 30 heavy (non-hydrogen) atoms. The number of anilines is 1. The Bertz CT molecular complexity index is 1060. The molecule has 3 aromatic rings. The maximum absolute atomic E-state index is 13.3. The number of ether oxygens (including phenoxy) is 2. The molecule has 9 heteroatoms. The third-order valence-corrected chi connectivity index (χ3v) is 5.96. The van der Waals surface area contributed by atoms with Crippen LogP contribution in [0.15, 0.2) is 60.1 Å². The largest absolute Gasteiger partial charge is 0.423 e. The van der Waals surface area contributed by atoms with Crippen molar-refractivity contribution in [3.63, 3.8) is 0 Å². The quantitative estimate of drug-likeness (QED) is 0.559. The standard InChI is InChI=1S/C21H22N4O4S/c1-16(26)29-19-7-4-8-22-20(19)25-10-9-23-21(25)30(27)15-17-5-2-3-6-18(17)24-11-13-28-14-12-24/h2-10H,11-15H2,1H3. The smallest absolute Gasteiger partial charge is 0.308 e. The van der Waals surface area contributed by atoms with Gasteiger partial charge in [0.2, 0.25) is 5.16 Å². The van der Waals surface area contributed by atoms with Crippen LogP contribution in [0.25, 0.3) is 5.82 Å². The van der Waals surface area contributed by atoms with Crippen LogP contribution < -0.4 is 9.64 Å². The number of morpholine rings is 1. The maximum atomic E-state index is 13.3. The van der Waals surface area contributed by atoms with Crippen LogP contribution in [-0.2, 0) is 26.1 Å². The van der Waals surface area contributed by atoms with Gasteiger partial charge in [-0.05, 0) is 23.8 Å². The molecular weight excluding hydrogens is 404 g/mol. The molecule has 0 saturated carbocycles. The van der Waals surface area contributed by atoms with E-state index in [2.05, 4.69) is 14.9 Å². The molecular formula is C21H22N4O4S. The van der Waals surface area contributed by atoms with E-state index in [1.54, 1.807) is 35.3 Å². The molecule has 1 unspecified atom stereocenters. The van der Waals surface area contributed by atoms with Crippen LogP contribution >= 0.6 is 0 Å². The second kappa shape index (κ2) is 9.19. The summed E-state index contributed by atoms with van der Waals surface area (Å²) in [5, 5.41) is 0.346. The highest BCUT2D eigenvalue weighted by Crippen LogP contribution is 2.26. The van der Waals surface area contributed by atoms with Crippen LogP contribution in [-0.4, -0.2) is 51.0 Å². The minimum atomic E-state index is -1.44. The van der Waals surface area contributed by atoms with Gasteiger partial charge in [0.15, 0.2) is 11.6 Å². The van der Waals surface area contributed by atoms with E-state index in [0.29, 0.717) is 29.9 Å². The summed E-state index contributed by atoms with van der Waals surface area (Å²) < 4.78 is 25.6. The van der Waals surface area contributed by atoms with E-state index in [-0.39, 0.29) is 5.75 Å². The number of carbonyl (C=O) groups is 1. The number of hydrogen-bond donors (Lipinski definition) is 0. The van der Waals surface area contributed by atoms with Gasteiger partial charge in [-0.3, -0.25) is 13.6 Å². The van der Waals surface area contributed by atoms with Crippen LogP contribution in [0, 0.1) is 0 Å². The fourth-order valence-corrected chi connectivity index (χ4v) is 4.57. The molecule has 1 aliphatic rings. The van der Waals surface area contributed by atoms with Gasteiger partial charge < -0.3 is 14.4 Å². The number of aromatic nitrogens is 3. The predicted molar refractivity (Wildman–Crippen MR) is 112 cm³/mol. The molecule has 2 aromatic heterocycles. The lowest BCUT2D eigenvalue weighted by atomic mass is 10.1. The Kier molecular flexibility index (Phi) is 6.20. The van der Waals surface area contributed by atoms with Gasteiger partial charge in [-0.25, -0.2) is 9.97 Å². The second-order valence-electron chi connectivity index (χ2n) is 6.72. The molecule has 0 aliphatic carbocycles. The van der Waals surface area contributed by atoms with Crippen LogP contribution in [0.4, 0.5) is 5.69 Å². The highest BCUT2D eigenvalue weighted by atomic mass is 32.2. The number of para-hydroxylation sites is 1. The number of esters is 1. The average Bonchev–Trinajstić information content (AvgIpc) is 3.25. The van der Waals surface area contributed by atoms with Gasteiger partial charge in [0.1, 0.15) is 0 Å². The van der Waals surface area contributed by atoms with Crippen LogP contribution in [0.2, 0.25) is 0 Å². The summed E-state index contributed by atoms with van der Waals surface area (Å²) in [6, 6.07) is 11.3. The number of hydrogen-bond acceptors (Lipinski definition) is 7. The molecule has 1 aliphatic heterocycles. The first-order valence-electron chi connectivity index (χ1n) is 9.59. The maximum Gasteiger partial charge on any atom is 0.308 e. The Morgan fingerprint density at radius 3 is 2.73 bits per heavy atom. The Morgan fingerprint density at radius 2 is 1.93 bits per heavy atom. The lowest BCUT2D eigenvalue weighted by molar-refractivity contribution is -0.131. The molecule has 156 valence electrons. The molecule has 1 fully saturated rings. The molecule has 0 N–H and O–H groups in total. The van der Waals surface area contributed by atoms with Crippen LogP contribution in [0.5, 0.6) is 5.75 Å². The van der Waals surface area contributed by atoms with Crippen molar-refractivity contribution in [2.24, 2.45) is 0 Å². The first kappa shape index (κ1) is 20.2. The number of pyridine rings is 1. The van der Waals surface area contributed by atoms with Gasteiger partial charge in [0, 0.05) is 44.3 Å². The highest BCUT2D eigenvalue weighted by Gasteiger charge is 2.20. The molecule has 4 rings (SSSR count). The van der Waals surface area contributed by atoms with Crippen LogP contribution in [0.1, 0.15) is 12.5 Å². The van der Waals surface area contributed by atoms with Crippen molar-refractivity contribution in [1.82, 2.24) is 14.5 Å². The minimum Gasteiger partial charge on any atom is -0.423 e. The predicted octanol–water partition coefficient (Wildman–Crippen LogP) is 2.34. The van der Waals surface area contributed by atoms with E-state index in [4.69, 9.17) is 9.47 Å². The SMILES string of the molecule is CC(=O)Oc1cccnc1-n1ccnc1S(=O)Cc1ccccc1N1CCOCC1. The van der Waals surface area contributed by atoms with E-state index < -0.39 is 16.8 Å². The van der Waals surface area contributed by atoms with Gasteiger partial charge in [-0.2, -0.15) is 0 Å². The third kappa shape index (κ3) is 4.42. The highest BCUT2D eigenvalue weighted by molar-refractivity contribution is 7.84. The molecule has 0 bridgehead atoms. The van der Waals surface area contributed by atoms with Gasteiger partial charge in [-0.15, -0.1) is 0 Å². The number of imidazole rings is 1.